The van der Waals surface area contributed by atoms with Crippen LogP contribution in [0.3, 0.4) is 0 Å². The fourth-order valence-electron chi connectivity index (χ4n) is 2.71. The van der Waals surface area contributed by atoms with Gasteiger partial charge in [0.05, 0.1) is 0 Å². The molecular formula is C16H25NO2. The Hall–Kier alpha value is -1.35. The topological polar surface area (TPSA) is 40.5 Å². The monoisotopic (exact) mass is 263 g/mol. The van der Waals surface area contributed by atoms with Gasteiger partial charge in [-0.2, -0.15) is 0 Å². The molecule has 106 valence electrons. The first kappa shape index (κ1) is 15.7. The maximum absolute atomic E-state index is 11.4. The van der Waals surface area contributed by atoms with Crippen LogP contribution in [-0.4, -0.2) is 28.1 Å². The maximum atomic E-state index is 11.4. The third-order valence-corrected chi connectivity index (χ3v) is 3.78. The van der Waals surface area contributed by atoms with E-state index >= 15 is 0 Å². The highest BCUT2D eigenvalue weighted by atomic mass is 16.4. The molecule has 0 heterocycles. The number of carbonyl (C=O) groups is 1. The van der Waals surface area contributed by atoms with Gasteiger partial charge in [-0.1, -0.05) is 36.2 Å². The number of aliphatic carboxylic acids is 1. The number of carboxylic acids is 1. The van der Waals surface area contributed by atoms with Crippen LogP contribution in [-0.2, 0) is 4.79 Å². The van der Waals surface area contributed by atoms with E-state index in [4.69, 9.17) is 0 Å². The average molecular weight is 263 g/mol. The summed E-state index contributed by atoms with van der Waals surface area (Å²) in [5, 5.41) is 9.41. The molecule has 0 bridgehead atoms. The molecule has 0 aromatic heterocycles. The van der Waals surface area contributed by atoms with E-state index in [1.54, 1.807) is 13.8 Å². The van der Waals surface area contributed by atoms with Crippen molar-refractivity contribution in [3.8, 4) is 0 Å². The highest BCUT2D eigenvalue weighted by molar-refractivity contribution is 5.77. The molecular weight excluding hydrogens is 238 g/mol. The van der Waals surface area contributed by atoms with E-state index in [1.807, 2.05) is 11.8 Å². The zero-order chi connectivity index (χ0) is 14.8. The van der Waals surface area contributed by atoms with Crippen LogP contribution < -0.4 is 0 Å². The number of benzene rings is 1. The third kappa shape index (κ3) is 3.35. The van der Waals surface area contributed by atoms with E-state index in [0.717, 1.165) is 0 Å². The number of likely N-dealkylation sites (N-methyl/N-ethyl adjacent to an activating group) is 1. The second kappa shape index (κ2) is 5.74. The van der Waals surface area contributed by atoms with Gasteiger partial charge in [-0.3, -0.25) is 9.69 Å². The summed E-state index contributed by atoms with van der Waals surface area (Å²) in [5.74, 6) is -0.787. The first-order chi connectivity index (χ1) is 8.70. The van der Waals surface area contributed by atoms with Crippen molar-refractivity contribution in [2.24, 2.45) is 0 Å². The van der Waals surface area contributed by atoms with Crippen LogP contribution in [0.2, 0.25) is 0 Å². The summed E-state index contributed by atoms with van der Waals surface area (Å²) in [6.45, 7) is 12.4. The lowest BCUT2D eigenvalue weighted by molar-refractivity contribution is -0.150. The molecule has 0 fully saturated rings. The summed E-state index contributed by atoms with van der Waals surface area (Å²) in [7, 11) is 0. The first-order valence-corrected chi connectivity index (χ1v) is 6.78. The molecule has 1 aromatic rings. The van der Waals surface area contributed by atoms with Gasteiger partial charge in [-0.05, 0) is 46.7 Å². The van der Waals surface area contributed by atoms with Crippen LogP contribution in [0.1, 0.15) is 50.4 Å². The lowest BCUT2D eigenvalue weighted by atomic mass is 9.95. The van der Waals surface area contributed by atoms with E-state index in [-0.39, 0.29) is 6.04 Å². The molecule has 19 heavy (non-hydrogen) atoms. The van der Waals surface area contributed by atoms with E-state index in [2.05, 4.69) is 39.0 Å². The second-order valence-corrected chi connectivity index (χ2v) is 5.75. The van der Waals surface area contributed by atoms with Gasteiger partial charge in [0.15, 0.2) is 0 Å². The van der Waals surface area contributed by atoms with Crippen LogP contribution in [0.5, 0.6) is 0 Å². The fraction of sp³-hybridized carbons (Fsp3) is 0.562. The Morgan fingerprint density at radius 1 is 1.26 bits per heavy atom. The van der Waals surface area contributed by atoms with Crippen LogP contribution in [0, 0.1) is 13.8 Å². The predicted molar refractivity (Wildman–Crippen MR) is 78.4 cm³/mol. The average Bonchev–Trinajstić information content (AvgIpc) is 2.27. The summed E-state index contributed by atoms with van der Waals surface area (Å²) < 4.78 is 0. The van der Waals surface area contributed by atoms with Gasteiger partial charge in [-0.25, -0.2) is 0 Å². The summed E-state index contributed by atoms with van der Waals surface area (Å²) >= 11 is 0. The lowest BCUT2D eigenvalue weighted by Crippen LogP contribution is -2.51. The molecule has 0 aliphatic rings. The number of rotatable bonds is 5. The minimum atomic E-state index is -0.869. The van der Waals surface area contributed by atoms with E-state index in [1.165, 1.54) is 16.7 Å². The number of carboxylic acid groups (broad SMARTS) is 1. The molecule has 0 radical (unpaired) electrons. The van der Waals surface area contributed by atoms with Gasteiger partial charge < -0.3 is 5.11 Å². The normalized spacial score (nSPS) is 13.6. The van der Waals surface area contributed by atoms with Crippen LogP contribution in [0.25, 0.3) is 0 Å². The van der Waals surface area contributed by atoms with Crippen LogP contribution >= 0.6 is 0 Å². The number of hydrogen-bond acceptors (Lipinski definition) is 2. The molecule has 0 spiro atoms. The molecule has 0 amide bonds. The standard InChI is InChI=1S/C16H25NO2/c1-7-17(16(5,6)15(18)19)13(4)14-9-11(2)8-12(3)10-14/h8-10,13H,7H2,1-6H3,(H,18,19). The largest absolute Gasteiger partial charge is 0.480 e. The maximum Gasteiger partial charge on any atom is 0.323 e. The first-order valence-electron chi connectivity index (χ1n) is 6.78. The smallest absolute Gasteiger partial charge is 0.323 e. The van der Waals surface area contributed by atoms with Crippen LogP contribution in [0.15, 0.2) is 18.2 Å². The summed E-state index contributed by atoms with van der Waals surface area (Å²) in [5.41, 5.74) is 2.73. The summed E-state index contributed by atoms with van der Waals surface area (Å²) in [6.07, 6.45) is 0. The highest BCUT2D eigenvalue weighted by Crippen LogP contribution is 2.29. The molecule has 0 saturated heterocycles. The van der Waals surface area contributed by atoms with Crippen LogP contribution in [0.4, 0.5) is 0 Å². The van der Waals surface area contributed by atoms with E-state index in [9.17, 15) is 9.90 Å². The number of hydrogen-bond donors (Lipinski definition) is 1. The second-order valence-electron chi connectivity index (χ2n) is 5.75. The Morgan fingerprint density at radius 2 is 1.74 bits per heavy atom. The third-order valence-electron chi connectivity index (χ3n) is 3.78. The van der Waals surface area contributed by atoms with Gasteiger partial charge in [0, 0.05) is 6.04 Å². The Balaban J connectivity index is 3.15. The Morgan fingerprint density at radius 3 is 2.11 bits per heavy atom. The van der Waals surface area contributed by atoms with Gasteiger partial charge in [-0.15, -0.1) is 0 Å². The highest BCUT2D eigenvalue weighted by Gasteiger charge is 2.36. The van der Waals surface area contributed by atoms with E-state index < -0.39 is 11.5 Å². The Bertz CT molecular complexity index is 446. The van der Waals surface area contributed by atoms with Crippen molar-refractivity contribution in [1.29, 1.82) is 0 Å². The molecule has 0 saturated carbocycles. The Kier molecular flexibility index (Phi) is 4.75. The minimum absolute atomic E-state index is 0.0784. The molecule has 1 unspecified atom stereocenters. The van der Waals surface area contributed by atoms with Gasteiger partial charge >= 0.3 is 5.97 Å². The SMILES string of the molecule is CCN(C(C)c1cc(C)cc(C)c1)C(C)(C)C(=O)O. The minimum Gasteiger partial charge on any atom is -0.480 e. The fourth-order valence-corrected chi connectivity index (χ4v) is 2.71. The number of nitrogens with zero attached hydrogens (tertiary/aromatic N) is 1. The van der Waals surface area contributed by atoms with Crippen molar-refractivity contribution in [2.75, 3.05) is 6.54 Å². The molecule has 0 aliphatic carbocycles. The molecule has 3 heteroatoms. The van der Waals surface area contributed by atoms with Gasteiger partial charge in [0.2, 0.25) is 0 Å². The van der Waals surface area contributed by atoms with E-state index in [0.29, 0.717) is 6.54 Å². The number of aryl methyl sites for hydroxylation is 2. The van der Waals surface area contributed by atoms with Crippen molar-refractivity contribution >= 4 is 5.97 Å². The van der Waals surface area contributed by atoms with Crippen molar-refractivity contribution in [3.05, 3.63) is 34.9 Å². The molecule has 1 aromatic carbocycles. The molecule has 1 rings (SSSR count). The quantitative estimate of drug-likeness (QED) is 0.883. The van der Waals surface area contributed by atoms with Gasteiger partial charge in [0.25, 0.3) is 0 Å². The molecule has 1 atom stereocenters. The van der Waals surface area contributed by atoms with Crippen molar-refractivity contribution in [2.45, 2.75) is 53.1 Å². The lowest BCUT2D eigenvalue weighted by Gasteiger charge is -2.39. The summed E-state index contributed by atoms with van der Waals surface area (Å²) in [6, 6.07) is 6.49. The summed E-state index contributed by atoms with van der Waals surface area (Å²) in [4.78, 5) is 13.5. The zero-order valence-electron chi connectivity index (χ0n) is 12.8. The molecule has 3 nitrogen and oxygen atoms in total. The molecule has 1 N–H and O–H groups in total. The van der Waals surface area contributed by atoms with Crippen molar-refractivity contribution in [3.63, 3.8) is 0 Å². The predicted octanol–water partition coefficient (Wildman–Crippen LogP) is 3.55. The Labute approximate surface area is 116 Å². The van der Waals surface area contributed by atoms with Gasteiger partial charge in [0.1, 0.15) is 5.54 Å². The molecule has 0 aliphatic heterocycles. The van der Waals surface area contributed by atoms with Crippen molar-refractivity contribution < 1.29 is 9.90 Å². The zero-order valence-corrected chi connectivity index (χ0v) is 12.8. The van der Waals surface area contributed by atoms with Crippen molar-refractivity contribution in [1.82, 2.24) is 4.90 Å².